The van der Waals surface area contributed by atoms with Crippen molar-refractivity contribution in [3.05, 3.63) is 287 Å². The summed E-state index contributed by atoms with van der Waals surface area (Å²) in [5, 5.41) is 3.97. The maximum atomic E-state index is 2.51. The van der Waals surface area contributed by atoms with Crippen molar-refractivity contribution in [2.24, 2.45) is 0 Å². The van der Waals surface area contributed by atoms with Crippen molar-refractivity contribution in [1.29, 1.82) is 0 Å². The average molecular weight is 913 g/mol. The molecule has 9 aromatic carbocycles. The number of rotatable bonds is 8. The minimum absolute atomic E-state index is 0.253. The van der Waals surface area contributed by atoms with Crippen LogP contribution < -0.4 is 4.90 Å². The first-order valence-corrected chi connectivity index (χ1v) is 25.5. The first-order chi connectivity index (χ1) is 34.7. The predicted molar refractivity (Wildman–Crippen MR) is 296 cm³/mol. The normalized spacial score (nSPS) is 15.5. The van der Waals surface area contributed by atoms with E-state index in [1.54, 1.807) is 0 Å². The molecule has 332 valence electrons. The van der Waals surface area contributed by atoms with Gasteiger partial charge in [0.15, 0.2) is 0 Å². The third-order valence-corrected chi connectivity index (χ3v) is 16.5. The fraction of sp³-hybridized carbons (Fsp3) is 0.0746. The van der Waals surface area contributed by atoms with Crippen LogP contribution in [0.15, 0.2) is 248 Å². The molecule has 3 heteroatoms. The zero-order valence-corrected chi connectivity index (χ0v) is 39.5. The number of benzene rings is 9. The van der Waals surface area contributed by atoms with Crippen LogP contribution in [0.25, 0.3) is 65.1 Å². The van der Waals surface area contributed by atoms with Gasteiger partial charge in [0.1, 0.15) is 0 Å². The van der Waals surface area contributed by atoms with Gasteiger partial charge >= 0.3 is 0 Å². The van der Waals surface area contributed by atoms with Crippen molar-refractivity contribution < 1.29 is 0 Å². The van der Waals surface area contributed by atoms with E-state index in [1.165, 1.54) is 104 Å². The van der Waals surface area contributed by atoms with Crippen molar-refractivity contribution in [3.63, 3.8) is 0 Å². The van der Waals surface area contributed by atoms with Crippen LogP contribution in [0.1, 0.15) is 57.8 Å². The van der Waals surface area contributed by atoms with Gasteiger partial charge in [0.2, 0.25) is 0 Å². The Labute approximate surface area is 413 Å². The summed E-state index contributed by atoms with van der Waals surface area (Å²) >= 11 is 1.89. The Morgan fingerprint density at radius 3 is 1.94 bits per heavy atom. The molecule has 2 aromatic heterocycles. The van der Waals surface area contributed by atoms with Crippen LogP contribution >= 0.6 is 11.3 Å². The Morgan fingerprint density at radius 1 is 0.529 bits per heavy atom. The van der Waals surface area contributed by atoms with E-state index in [1.807, 2.05) is 11.3 Å². The molecular formula is C67H48N2S. The zero-order valence-electron chi connectivity index (χ0n) is 38.7. The maximum absolute atomic E-state index is 2.51. The Kier molecular flexibility index (Phi) is 9.60. The molecule has 11 aromatic rings. The maximum Gasteiger partial charge on any atom is 0.0713 e. The third kappa shape index (κ3) is 6.31. The lowest BCUT2D eigenvalue weighted by molar-refractivity contribution is 0.768. The molecule has 0 saturated carbocycles. The van der Waals surface area contributed by atoms with E-state index < -0.39 is 5.41 Å². The molecule has 0 radical (unpaired) electrons. The lowest BCUT2D eigenvalue weighted by Gasteiger charge is -2.35. The molecule has 70 heavy (non-hydrogen) atoms. The van der Waals surface area contributed by atoms with Crippen LogP contribution in [0.5, 0.6) is 0 Å². The zero-order chi connectivity index (χ0) is 46.2. The highest BCUT2D eigenvalue weighted by atomic mass is 32.1. The number of allylic oxidation sites excluding steroid dienone is 4. The van der Waals surface area contributed by atoms with Crippen molar-refractivity contribution in [3.8, 4) is 27.9 Å². The molecule has 0 spiro atoms. The Morgan fingerprint density at radius 2 is 1.17 bits per heavy atom. The number of para-hydroxylation sites is 1. The summed E-state index contributed by atoms with van der Waals surface area (Å²) in [6, 6.07) is 81.4. The summed E-state index contributed by atoms with van der Waals surface area (Å²) in [5.74, 6) is 0.253. The standard InChI is InChI=1S/C67H48N2S/c1-2-17-48(18-3-1)67(61-27-9-4-20-55(61)56-21-5-10-28-62(56)67)49-36-42-52(43-37-49)68(51-40-34-46(35-41-51)54-25-15-26-60-59-24-8-13-31-65(59)70-66(54)60)50-38-32-45(33-39-50)47-16-14-19-53(44-47)69-63-29-11-6-22-57(63)58-23-7-12-30-64(58)69/h1-11,13-29,31-32,34-45H,12,30,33H2. The summed E-state index contributed by atoms with van der Waals surface area (Å²) in [4.78, 5) is 2.45. The number of fused-ring (bicyclic) bond motifs is 9. The second kappa shape index (κ2) is 16.5. The Balaban J connectivity index is 0.859. The molecule has 0 N–H and O–H groups in total. The third-order valence-electron chi connectivity index (χ3n) is 15.3. The summed E-state index contributed by atoms with van der Waals surface area (Å²) in [5.41, 5.74) is 19.9. The van der Waals surface area contributed by atoms with Crippen molar-refractivity contribution in [2.45, 2.75) is 30.6 Å². The van der Waals surface area contributed by atoms with Crippen molar-refractivity contribution in [1.82, 2.24) is 4.57 Å². The Bertz CT molecular complexity index is 3870. The molecule has 1 atom stereocenters. The van der Waals surface area contributed by atoms with E-state index in [2.05, 4.69) is 258 Å². The number of thiophene rings is 1. The van der Waals surface area contributed by atoms with Crippen LogP contribution in [-0.4, -0.2) is 4.57 Å². The molecular weight excluding hydrogens is 865 g/mol. The minimum atomic E-state index is -0.457. The van der Waals surface area contributed by atoms with E-state index in [4.69, 9.17) is 0 Å². The monoisotopic (exact) mass is 912 g/mol. The molecule has 0 bridgehead atoms. The molecule has 0 saturated heterocycles. The molecule has 2 nitrogen and oxygen atoms in total. The van der Waals surface area contributed by atoms with Gasteiger partial charge in [-0.1, -0.05) is 194 Å². The lowest BCUT2D eigenvalue weighted by atomic mass is 9.68. The van der Waals surface area contributed by atoms with Gasteiger partial charge < -0.3 is 9.47 Å². The summed E-state index contributed by atoms with van der Waals surface area (Å²) in [6.45, 7) is 0. The topological polar surface area (TPSA) is 8.17 Å². The smallest absolute Gasteiger partial charge is 0.0713 e. The number of anilines is 2. The van der Waals surface area contributed by atoms with Gasteiger partial charge in [0, 0.05) is 65.5 Å². The molecule has 0 amide bonds. The number of aromatic nitrogens is 1. The average Bonchev–Trinajstić information content (AvgIpc) is 4.09. The first kappa shape index (κ1) is 40.8. The van der Waals surface area contributed by atoms with E-state index in [9.17, 15) is 0 Å². The number of hydrogen-bond acceptors (Lipinski definition) is 2. The largest absolute Gasteiger partial charge is 0.313 e. The molecule has 14 rings (SSSR count). The second-order valence-corrected chi connectivity index (χ2v) is 20.0. The van der Waals surface area contributed by atoms with Gasteiger partial charge in [-0.15, -0.1) is 11.3 Å². The predicted octanol–water partition coefficient (Wildman–Crippen LogP) is 17.8. The highest BCUT2D eigenvalue weighted by Gasteiger charge is 2.45. The molecule has 1 unspecified atom stereocenters. The van der Waals surface area contributed by atoms with Gasteiger partial charge in [-0.25, -0.2) is 0 Å². The summed E-state index contributed by atoms with van der Waals surface area (Å²) in [7, 11) is 0. The molecule has 0 aliphatic heterocycles. The highest BCUT2D eigenvalue weighted by molar-refractivity contribution is 7.26. The minimum Gasteiger partial charge on any atom is -0.313 e. The molecule has 2 heterocycles. The van der Waals surface area contributed by atoms with E-state index in [-0.39, 0.29) is 5.92 Å². The SMILES string of the molecule is C1=Cc2c(n(-c3cccc(C4C=CC(N(c5ccc(-c6cccc7c6sc6ccccc67)cc5)c5ccc(C6(c7ccccc7)c7ccccc7-c7ccccc76)cc5)=CC4)c3)c3ccccc23)CC1. The number of hydrogen-bond donors (Lipinski definition) is 0. The Hall–Kier alpha value is -8.24. The van der Waals surface area contributed by atoms with Gasteiger partial charge in [-0.2, -0.15) is 0 Å². The van der Waals surface area contributed by atoms with Crippen LogP contribution in [0.2, 0.25) is 0 Å². The second-order valence-electron chi connectivity index (χ2n) is 19.0. The van der Waals surface area contributed by atoms with Crippen LogP contribution in [-0.2, 0) is 11.8 Å². The van der Waals surface area contributed by atoms with Gasteiger partial charge in [-0.05, 0) is 124 Å². The quantitative estimate of drug-likeness (QED) is 0.147. The van der Waals surface area contributed by atoms with E-state index >= 15 is 0 Å². The van der Waals surface area contributed by atoms with Gasteiger partial charge in [-0.3, -0.25) is 0 Å². The molecule has 3 aliphatic carbocycles. The molecule has 3 aliphatic rings. The highest BCUT2D eigenvalue weighted by Crippen LogP contribution is 2.56. The van der Waals surface area contributed by atoms with Crippen LogP contribution in [0, 0.1) is 0 Å². The lowest BCUT2D eigenvalue weighted by Crippen LogP contribution is -2.28. The van der Waals surface area contributed by atoms with Gasteiger partial charge in [0.25, 0.3) is 0 Å². The van der Waals surface area contributed by atoms with Crippen molar-refractivity contribution >= 4 is 59.9 Å². The first-order valence-electron chi connectivity index (χ1n) is 24.7. The summed E-state index contributed by atoms with van der Waals surface area (Å²) < 4.78 is 5.17. The van der Waals surface area contributed by atoms with Crippen LogP contribution in [0.3, 0.4) is 0 Å². The van der Waals surface area contributed by atoms with Crippen LogP contribution in [0.4, 0.5) is 11.4 Å². The number of nitrogens with zero attached hydrogens (tertiary/aromatic N) is 2. The van der Waals surface area contributed by atoms with Crippen molar-refractivity contribution in [2.75, 3.05) is 4.90 Å². The van der Waals surface area contributed by atoms with E-state index in [0.717, 1.165) is 30.6 Å². The molecule has 0 fully saturated rings. The fourth-order valence-electron chi connectivity index (χ4n) is 12.2. The van der Waals surface area contributed by atoms with Gasteiger partial charge in [0.05, 0.1) is 10.9 Å². The fourth-order valence-corrected chi connectivity index (χ4v) is 13.4. The van der Waals surface area contributed by atoms with E-state index in [0.29, 0.717) is 0 Å². The summed E-state index contributed by atoms with van der Waals surface area (Å²) in [6.07, 6.45) is 14.9.